The van der Waals surface area contributed by atoms with Crippen LogP contribution < -0.4 is 9.62 Å². The summed E-state index contributed by atoms with van der Waals surface area (Å²) in [6, 6.07) is 19.0. The third kappa shape index (κ3) is 5.27. The molecule has 0 unspecified atom stereocenters. The van der Waals surface area contributed by atoms with Gasteiger partial charge in [0.2, 0.25) is 0 Å². The Morgan fingerprint density at radius 3 is 2.28 bits per heavy atom. The Morgan fingerprint density at radius 1 is 0.969 bits per heavy atom. The van der Waals surface area contributed by atoms with Crippen LogP contribution in [0, 0.1) is 6.92 Å². The van der Waals surface area contributed by atoms with Crippen LogP contribution in [0.15, 0.2) is 77.7 Å². The Bertz CT molecular complexity index is 1230. The van der Waals surface area contributed by atoms with Gasteiger partial charge < -0.3 is 10.1 Å². The number of ether oxygens (including phenoxy) is 1. The number of carbonyl (C=O) groups excluding carboxylic acids is 2. The topological polar surface area (TPSA) is 92.8 Å². The fraction of sp³-hybridized carbons (Fsp3) is 0.130. The lowest BCUT2D eigenvalue weighted by Gasteiger charge is -2.19. The number of esters is 1. The van der Waals surface area contributed by atoms with Gasteiger partial charge in [-0.3, -0.25) is 9.10 Å². The van der Waals surface area contributed by atoms with E-state index >= 15 is 0 Å². The summed E-state index contributed by atoms with van der Waals surface area (Å²) in [7, 11) is -2.34. The molecular weight excluding hydrogens is 452 g/mol. The van der Waals surface area contributed by atoms with Crippen molar-refractivity contribution < 1.29 is 22.7 Å². The molecule has 3 rings (SSSR count). The minimum absolute atomic E-state index is 0.0228. The summed E-state index contributed by atoms with van der Waals surface area (Å²) in [6.07, 6.45) is 0. The maximum atomic E-state index is 12.8. The molecule has 0 heterocycles. The molecule has 0 fully saturated rings. The molecule has 0 aliphatic carbocycles. The van der Waals surface area contributed by atoms with Gasteiger partial charge in [0, 0.05) is 17.8 Å². The molecule has 0 bridgehead atoms. The van der Waals surface area contributed by atoms with Gasteiger partial charge in [-0.05, 0) is 61.0 Å². The molecule has 0 aromatic heterocycles. The van der Waals surface area contributed by atoms with Crippen LogP contribution in [0.4, 0.5) is 11.4 Å². The number of anilines is 2. The first-order valence-corrected chi connectivity index (χ1v) is 11.4. The number of nitrogens with zero attached hydrogens (tertiary/aromatic N) is 1. The minimum Gasteiger partial charge on any atom is -0.452 e. The largest absolute Gasteiger partial charge is 0.452 e. The Balaban J connectivity index is 1.62. The van der Waals surface area contributed by atoms with Gasteiger partial charge in [0.15, 0.2) is 6.61 Å². The zero-order valence-electron chi connectivity index (χ0n) is 17.4. The summed E-state index contributed by atoms with van der Waals surface area (Å²) >= 11 is 6.02. The molecule has 32 heavy (non-hydrogen) atoms. The second-order valence-corrected chi connectivity index (χ2v) is 9.25. The predicted octanol–water partition coefficient (Wildman–Crippen LogP) is 4.27. The van der Waals surface area contributed by atoms with E-state index in [1.807, 2.05) is 0 Å². The van der Waals surface area contributed by atoms with Crippen molar-refractivity contribution in [3.63, 3.8) is 0 Å². The summed E-state index contributed by atoms with van der Waals surface area (Å²) in [5.41, 5.74) is 1.86. The molecule has 0 aliphatic rings. The van der Waals surface area contributed by atoms with E-state index in [0.717, 1.165) is 4.31 Å². The lowest BCUT2D eigenvalue weighted by molar-refractivity contribution is -0.119. The average Bonchev–Trinajstić information content (AvgIpc) is 2.80. The van der Waals surface area contributed by atoms with E-state index in [-0.39, 0.29) is 10.5 Å². The summed E-state index contributed by atoms with van der Waals surface area (Å²) in [4.78, 5) is 24.4. The quantitative estimate of drug-likeness (QED) is 0.518. The van der Waals surface area contributed by atoms with Crippen molar-refractivity contribution in [1.82, 2.24) is 0 Å². The van der Waals surface area contributed by atoms with E-state index in [1.54, 1.807) is 55.5 Å². The molecule has 9 heteroatoms. The van der Waals surface area contributed by atoms with E-state index in [2.05, 4.69) is 5.32 Å². The van der Waals surface area contributed by atoms with Gasteiger partial charge in [-0.25, -0.2) is 13.2 Å². The monoisotopic (exact) mass is 472 g/mol. The van der Waals surface area contributed by atoms with Gasteiger partial charge in [0.25, 0.3) is 15.9 Å². The molecule has 3 aromatic carbocycles. The first kappa shape index (κ1) is 23.3. The number of rotatable bonds is 7. The van der Waals surface area contributed by atoms with Crippen LogP contribution >= 0.6 is 11.6 Å². The van der Waals surface area contributed by atoms with Crippen molar-refractivity contribution in [2.75, 3.05) is 23.3 Å². The molecule has 3 aromatic rings. The zero-order valence-corrected chi connectivity index (χ0v) is 19.0. The van der Waals surface area contributed by atoms with E-state index in [4.69, 9.17) is 16.3 Å². The van der Waals surface area contributed by atoms with Gasteiger partial charge in [-0.2, -0.15) is 0 Å². The molecule has 0 spiro atoms. The minimum atomic E-state index is -3.80. The molecule has 1 N–H and O–H groups in total. The average molecular weight is 473 g/mol. The molecule has 1 amide bonds. The van der Waals surface area contributed by atoms with Crippen molar-refractivity contribution >= 4 is 44.9 Å². The van der Waals surface area contributed by atoms with E-state index in [1.165, 1.54) is 31.3 Å². The second kappa shape index (κ2) is 9.84. The maximum Gasteiger partial charge on any atom is 0.338 e. The lowest BCUT2D eigenvalue weighted by atomic mass is 10.2. The van der Waals surface area contributed by atoms with Crippen LogP contribution in [-0.4, -0.2) is 33.9 Å². The fourth-order valence-corrected chi connectivity index (χ4v) is 4.21. The Kier molecular flexibility index (Phi) is 7.17. The lowest BCUT2D eigenvalue weighted by Crippen LogP contribution is -2.26. The highest BCUT2D eigenvalue weighted by atomic mass is 35.5. The summed E-state index contributed by atoms with van der Waals surface area (Å²) < 4.78 is 31.8. The first-order valence-electron chi connectivity index (χ1n) is 9.56. The van der Waals surface area contributed by atoms with Crippen molar-refractivity contribution in [1.29, 1.82) is 0 Å². The van der Waals surface area contributed by atoms with Crippen molar-refractivity contribution in [2.45, 2.75) is 11.8 Å². The highest BCUT2D eigenvalue weighted by Crippen LogP contribution is 2.23. The summed E-state index contributed by atoms with van der Waals surface area (Å²) in [6.45, 7) is 1.26. The third-order valence-electron chi connectivity index (χ3n) is 4.74. The van der Waals surface area contributed by atoms with Crippen molar-refractivity contribution in [2.24, 2.45) is 0 Å². The smallest absolute Gasteiger partial charge is 0.338 e. The van der Waals surface area contributed by atoms with Gasteiger partial charge in [-0.15, -0.1) is 0 Å². The van der Waals surface area contributed by atoms with E-state index in [0.29, 0.717) is 22.0 Å². The van der Waals surface area contributed by atoms with Crippen LogP contribution in [0.3, 0.4) is 0 Å². The van der Waals surface area contributed by atoms with Gasteiger partial charge in [0.1, 0.15) is 0 Å². The van der Waals surface area contributed by atoms with Crippen molar-refractivity contribution in [3.05, 3.63) is 88.9 Å². The Hall–Kier alpha value is -3.36. The van der Waals surface area contributed by atoms with Crippen molar-refractivity contribution in [3.8, 4) is 0 Å². The number of hydrogen-bond donors (Lipinski definition) is 1. The van der Waals surface area contributed by atoms with E-state index < -0.39 is 28.5 Å². The highest BCUT2D eigenvalue weighted by Gasteiger charge is 2.22. The summed E-state index contributed by atoms with van der Waals surface area (Å²) in [5, 5.41) is 3.14. The number of sulfonamides is 1. The zero-order chi connectivity index (χ0) is 23.3. The number of nitrogens with one attached hydrogen (secondary N) is 1. The third-order valence-corrected chi connectivity index (χ3v) is 6.95. The maximum absolute atomic E-state index is 12.8. The molecule has 166 valence electrons. The first-order chi connectivity index (χ1) is 15.2. The molecule has 7 nitrogen and oxygen atoms in total. The molecule has 0 saturated carbocycles. The van der Waals surface area contributed by atoms with Crippen LogP contribution in [0.5, 0.6) is 0 Å². The van der Waals surface area contributed by atoms with Crippen LogP contribution in [-0.2, 0) is 19.6 Å². The highest BCUT2D eigenvalue weighted by molar-refractivity contribution is 7.92. The number of amides is 1. The number of hydrogen-bond acceptors (Lipinski definition) is 5. The van der Waals surface area contributed by atoms with Crippen LogP contribution in [0.1, 0.15) is 15.9 Å². The predicted molar refractivity (Wildman–Crippen MR) is 124 cm³/mol. The summed E-state index contributed by atoms with van der Waals surface area (Å²) in [5.74, 6) is -1.27. The second-order valence-electron chi connectivity index (χ2n) is 6.87. The SMILES string of the molecule is Cc1c(Cl)cccc1NC(=O)COC(=O)c1ccc(S(=O)(=O)N(C)c2ccccc2)cc1. The van der Waals surface area contributed by atoms with Crippen LogP contribution in [0.25, 0.3) is 0 Å². The number of para-hydroxylation sites is 1. The molecule has 0 aliphatic heterocycles. The number of benzene rings is 3. The van der Waals surface area contributed by atoms with Gasteiger partial charge in [0.05, 0.1) is 16.1 Å². The molecule has 0 radical (unpaired) electrons. The normalized spacial score (nSPS) is 11.0. The van der Waals surface area contributed by atoms with Crippen LogP contribution in [0.2, 0.25) is 5.02 Å². The van der Waals surface area contributed by atoms with Gasteiger partial charge in [-0.1, -0.05) is 35.9 Å². The Morgan fingerprint density at radius 2 is 1.62 bits per heavy atom. The van der Waals surface area contributed by atoms with E-state index in [9.17, 15) is 18.0 Å². The molecular formula is C23H21ClN2O5S. The fourth-order valence-electron chi connectivity index (χ4n) is 2.84. The standard InChI is InChI=1S/C23H21ClN2O5S/c1-16-20(24)9-6-10-21(16)25-22(27)15-31-23(28)17-11-13-19(14-12-17)32(29,30)26(2)18-7-4-3-5-8-18/h3-14H,15H2,1-2H3,(H,25,27). The van der Waals surface area contributed by atoms with Gasteiger partial charge >= 0.3 is 5.97 Å². The Labute approximate surface area is 191 Å². The molecule has 0 saturated heterocycles. The number of halogens is 1. The molecule has 0 atom stereocenters. The number of carbonyl (C=O) groups is 2.